The van der Waals surface area contributed by atoms with E-state index in [4.69, 9.17) is 0 Å². The minimum absolute atomic E-state index is 0. The van der Waals surface area contributed by atoms with Crippen LogP contribution in [-0.2, 0) is 39.0 Å². The van der Waals surface area contributed by atoms with Gasteiger partial charge in [0.05, 0.1) is 0 Å². The second-order valence-electron chi connectivity index (χ2n) is 7.53. The third kappa shape index (κ3) is 6.17. The van der Waals surface area contributed by atoms with Gasteiger partial charge in [0.1, 0.15) is 0 Å². The summed E-state index contributed by atoms with van der Waals surface area (Å²) in [5.41, 5.74) is 0.759. The van der Waals surface area contributed by atoms with Crippen LogP contribution < -0.4 is 0 Å². The van der Waals surface area contributed by atoms with Crippen molar-refractivity contribution in [3.63, 3.8) is 0 Å². The summed E-state index contributed by atoms with van der Waals surface area (Å²) >= 11 is 0. The normalized spacial score (nSPS) is 19.9. The predicted molar refractivity (Wildman–Crippen MR) is 116 cm³/mol. The molecule has 28 heavy (non-hydrogen) atoms. The van der Waals surface area contributed by atoms with Crippen LogP contribution in [0.3, 0.4) is 0 Å². The van der Waals surface area contributed by atoms with E-state index in [0.29, 0.717) is 10.8 Å². The maximum Gasteiger partial charge on any atom is 2.00 e. The zero-order valence-electron chi connectivity index (χ0n) is 19.6. The zero-order chi connectivity index (χ0) is 19.8. The monoisotopic (exact) mass is 564 g/mol. The molecule has 0 saturated heterocycles. The molecule has 0 spiro atoms. The maximum absolute atomic E-state index is 2.41. The molecule has 2 aliphatic rings. The first-order valence-electron chi connectivity index (χ1n) is 11.1. The number of hydrogen-bond acceptors (Lipinski definition) is 2. The van der Waals surface area contributed by atoms with Crippen molar-refractivity contribution in [1.29, 1.82) is 0 Å². The van der Waals surface area contributed by atoms with Crippen molar-refractivity contribution in [3.8, 4) is 0 Å². The van der Waals surface area contributed by atoms with Crippen molar-refractivity contribution in [1.82, 2.24) is 9.80 Å². The van der Waals surface area contributed by atoms with E-state index in [9.17, 15) is 0 Å². The first kappa shape index (κ1) is 30.5. The molecule has 0 radical (unpaired) electrons. The molecule has 0 bridgehead atoms. The molecular formula is C24H44N2Ru2. The van der Waals surface area contributed by atoms with Gasteiger partial charge in [0.2, 0.25) is 0 Å². The summed E-state index contributed by atoms with van der Waals surface area (Å²) in [4.78, 5) is 4.82. The van der Waals surface area contributed by atoms with E-state index in [0.717, 1.165) is 13.1 Å². The molecule has 166 valence electrons. The van der Waals surface area contributed by atoms with Crippen molar-refractivity contribution < 1.29 is 39.0 Å². The van der Waals surface area contributed by atoms with Gasteiger partial charge in [0, 0.05) is 19.5 Å². The number of rotatable bonds is 8. The van der Waals surface area contributed by atoms with Crippen LogP contribution in [-0.4, -0.2) is 22.9 Å². The van der Waals surface area contributed by atoms with Crippen LogP contribution in [0.1, 0.15) is 93.9 Å². The summed E-state index contributed by atoms with van der Waals surface area (Å²) in [6, 6.07) is 3.22. The SMILES string of the molecule is CC[C-]1N(CC)C=CC1(CC)CC.CC[C-]1N(CC)C=CC1(CC)CC.[Ru+2].[Ru]. The van der Waals surface area contributed by atoms with E-state index in [-0.39, 0.29) is 39.0 Å². The minimum atomic E-state index is 0. The number of hydrogen-bond donors (Lipinski definition) is 0. The van der Waals surface area contributed by atoms with Crippen LogP contribution in [0.4, 0.5) is 0 Å². The molecule has 0 amide bonds. The number of nitrogens with zero attached hydrogens (tertiary/aromatic N) is 2. The molecular weight excluding hydrogens is 518 g/mol. The van der Waals surface area contributed by atoms with Crippen molar-refractivity contribution in [2.24, 2.45) is 10.8 Å². The zero-order valence-corrected chi connectivity index (χ0v) is 23.0. The van der Waals surface area contributed by atoms with Crippen LogP contribution in [0.2, 0.25) is 0 Å². The Morgan fingerprint density at radius 3 is 1.07 bits per heavy atom. The molecule has 0 saturated carbocycles. The van der Waals surface area contributed by atoms with Gasteiger partial charge in [-0.3, -0.25) is 0 Å². The predicted octanol–water partition coefficient (Wildman–Crippen LogP) is 7.16. The van der Waals surface area contributed by atoms with E-state index in [1.807, 2.05) is 0 Å². The van der Waals surface area contributed by atoms with Crippen LogP contribution in [0.25, 0.3) is 0 Å². The Morgan fingerprint density at radius 2 is 0.893 bits per heavy atom. The Kier molecular flexibility index (Phi) is 15.6. The average Bonchev–Trinajstić information content (AvgIpc) is 3.25. The Labute approximate surface area is 202 Å². The second-order valence-corrected chi connectivity index (χ2v) is 7.53. The first-order valence-corrected chi connectivity index (χ1v) is 11.1. The van der Waals surface area contributed by atoms with Gasteiger partial charge < -0.3 is 9.80 Å². The van der Waals surface area contributed by atoms with E-state index in [1.54, 1.807) is 12.1 Å². The Bertz CT molecular complexity index is 412. The molecule has 0 unspecified atom stereocenters. The second kappa shape index (κ2) is 14.4. The smallest absolute Gasteiger partial charge is 0.525 e. The molecule has 0 aliphatic carbocycles. The van der Waals surface area contributed by atoms with Gasteiger partial charge in [-0.15, -0.1) is 10.8 Å². The molecule has 2 aliphatic heterocycles. The van der Waals surface area contributed by atoms with E-state index >= 15 is 0 Å². The van der Waals surface area contributed by atoms with Gasteiger partial charge >= 0.3 is 19.5 Å². The summed E-state index contributed by atoms with van der Waals surface area (Å²) < 4.78 is 0. The van der Waals surface area contributed by atoms with Crippen molar-refractivity contribution in [3.05, 3.63) is 36.6 Å². The van der Waals surface area contributed by atoms with Crippen LogP contribution >= 0.6 is 0 Å². The van der Waals surface area contributed by atoms with Gasteiger partial charge in [-0.1, -0.05) is 93.2 Å². The first-order chi connectivity index (χ1) is 12.5. The topological polar surface area (TPSA) is 6.48 Å². The molecule has 0 fully saturated rings. The van der Waals surface area contributed by atoms with Gasteiger partial charge in [-0.25, -0.2) is 12.1 Å². The molecule has 0 aromatic carbocycles. The van der Waals surface area contributed by atoms with Gasteiger partial charge in [0.25, 0.3) is 0 Å². The fraction of sp³-hybridized carbons (Fsp3) is 0.750. The van der Waals surface area contributed by atoms with Crippen LogP contribution in [0.15, 0.2) is 24.6 Å². The molecule has 4 heteroatoms. The Balaban J connectivity index is 0. The van der Waals surface area contributed by atoms with Crippen molar-refractivity contribution >= 4 is 0 Å². The summed E-state index contributed by atoms with van der Waals surface area (Å²) in [5, 5.41) is 0. The summed E-state index contributed by atoms with van der Waals surface area (Å²) in [5.74, 6) is 0. The fourth-order valence-electron chi connectivity index (χ4n) is 4.90. The van der Waals surface area contributed by atoms with E-state index in [1.165, 1.54) is 38.5 Å². The van der Waals surface area contributed by atoms with E-state index < -0.39 is 0 Å². The molecule has 0 aromatic heterocycles. The third-order valence-corrected chi connectivity index (χ3v) is 6.86. The van der Waals surface area contributed by atoms with Crippen LogP contribution in [0, 0.1) is 22.9 Å². The largest absolute Gasteiger partial charge is 2.00 e. The Morgan fingerprint density at radius 1 is 0.607 bits per heavy atom. The standard InChI is InChI=1S/2C12H22N.2Ru/c2*1-5-11-12(6-2,7-3)9-10-13(11)8-4;;/h2*9-10H,5-8H2,1-4H3;;/q2*-1;;+2. The molecule has 2 rings (SSSR count). The van der Waals surface area contributed by atoms with Gasteiger partial charge in [-0.05, 0) is 25.5 Å². The molecule has 2 nitrogen and oxygen atoms in total. The summed E-state index contributed by atoms with van der Waals surface area (Å²) in [6.45, 7) is 20.4. The average molecular weight is 563 g/mol. The van der Waals surface area contributed by atoms with Crippen molar-refractivity contribution in [2.75, 3.05) is 13.1 Å². The summed E-state index contributed by atoms with van der Waals surface area (Å²) in [7, 11) is 0. The maximum atomic E-state index is 2.41. The van der Waals surface area contributed by atoms with Crippen LogP contribution in [0.5, 0.6) is 0 Å². The van der Waals surface area contributed by atoms with Gasteiger partial charge in [0.15, 0.2) is 0 Å². The van der Waals surface area contributed by atoms with Crippen molar-refractivity contribution in [2.45, 2.75) is 93.9 Å². The molecule has 2 heterocycles. The summed E-state index contributed by atoms with van der Waals surface area (Å²) in [6.07, 6.45) is 16.6. The molecule has 0 atom stereocenters. The quantitative estimate of drug-likeness (QED) is 0.229. The third-order valence-electron chi connectivity index (χ3n) is 6.86. The van der Waals surface area contributed by atoms with E-state index in [2.05, 4.69) is 89.7 Å². The molecule has 0 N–H and O–H groups in total. The minimum Gasteiger partial charge on any atom is -0.525 e. The van der Waals surface area contributed by atoms with Gasteiger partial charge in [-0.2, -0.15) is 12.8 Å². The molecule has 0 aromatic rings. The fourth-order valence-corrected chi connectivity index (χ4v) is 4.90. The Hall–Kier alpha value is 0.327.